The van der Waals surface area contributed by atoms with E-state index in [0.717, 1.165) is 11.1 Å². The van der Waals surface area contributed by atoms with Gasteiger partial charge in [0.25, 0.3) is 0 Å². The minimum absolute atomic E-state index is 0.0362. The third kappa shape index (κ3) is 4.67. The molecule has 126 valence electrons. The van der Waals surface area contributed by atoms with Crippen LogP contribution in [0.3, 0.4) is 0 Å². The molecular formula is C23H28O. The van der Waals surface area contributed by atoms with Gasteiger partial charge in [0.05, 0.1) is 0 Å². The predicted molar refractivity (Wildman–Crippen MR) is 104 cm³/mol. The lowest BCUT2D eigenvalue weighted by molar-refractivity contribution is 0.104. The van der Waals surface area contributed by atoms with Gasteiger partial charge in [0.2, 0.25) is 0 Å². The fourth-order valence-electron chi connectivity index (χ4n) is 2.48. The molecule has 0 amide bonds. The van der Waals surface area contributed by atoms with Crippen molar-refractivity contribution in [3.05, 3.63) is 76.9 Å². The van der Waals surface area contributed by atoms with Crippen LogP contribution >= 0.6 is 0 Å². The second-order valence-corrected chi connectivity index (χ2v) is 8.41. The van der Waals surface area contributed by atoms with Crippen LogP contribution in [-0.4, -0.2) is 5.78 Å². The van der Waals surface area contributed by atoms with Crippen molar-refractivity contribution in [2.24, 2.45) is 0 Å². The van der Waals surface area contributed by atoms with Crippen LogP contribution < -0.4 is 0 Å². The fourth-order valence-corrected chi connectivity index (χ4v) is 2.48. The normalized spacial score (nSPS) is 12.6. The Balaban J connectivity index is 2.39. The molecule has 0 atom stereocenters. The quantitative estimate of drug-likeness (QED) is 0.487. The molecule has 0 aliphatic carbocycles. The number of hydrogen-bond acceptors (Lipinski definition) is 1. The molecule has 2 aromatic rings. The van der Waals surface area contributed by atoms with E-state index >= 15 is 0 Å². The van der Waals surface area contributed by atoms with E-state index in [1.165, 1.54) is 11.1 Å². The van der Waals surface area contributed by atoms with Gasteiger partial charge in [-0.3, -0.25) is 4.79 Å². The van der Waals surface area contributed by atoms with Gasteiger partial charge < -0.3 is 0 Å². The average molecular weight is 320 g/mol. The monoisotopic (exact) mass is 320 g/mol. The van der Waals surface area contributed by atoms with Crippen molar-refractivity contribution in [2.75, 3.05) is 0 Å². The van der Waals surface area contributed by atoms with E-state index in [9.17, 15) is 4.79 Å². The van der Waals surface area contributed by atoms with Crippen LogP contribution in [0.5, 0.6) is 0 Å². The first kappa shape index (κ1) is 18.2. The Bertz CT molecular complexity index is 706. The number of hydrogen-bond donors (Lipinski definition) is 0. The molecule has 24 heavy (non-hydrogen) atoms. The molecule has 0 bridgehead atoms. The topological polar surface area (TPSA) is 17.1 Å². The van der Waals surface area contributed by atoms with Crippen LogP contribution in [0, 0.1) is 0 Å². The summed E-state index contributed by atoms with van der Waals surface area (Å²) in [6.07, 6.45) is 3.60. The Morgan fingerprint density at radius 1 is 0.792 bits per heavy atom. The molecule has 1 nitrogen and oxygen atoms in total. The van der Waals surface area contributed by atoms with Gasteiger partial charge in [-0.15, -0.1) is 0 Å². The van der Waals surface area contributed by atoms with Crippen LogP contribution in [0.15, 0.2) is 54.6 Å². The molecule has 0 aromatic heterocycles. The molecule has 0 saturated carbocycles. The van der Waals surface area contributed by atoms with Gasteiger partial charge in [-0.1, -0.05) is 96.1 Å². The number of rotatable bonds is 3. The van der Waals surface area contributed by atoms with Crippen molar-refractivity contribution in [1.82, 2.24) is 0 Å². The fraction of sp³-hybridized carbons (Fsp3) is 0.348. The Hall–Kier alpha value is -2.15. The molecule has 0 spiro atoms. The molecule has 0 fully saturated rings. The first-order chi connectivity index (χ1) is 11.1. The van der Waals surface area contributed by atoms with Gasteiger partial charge in [-0.25, -0.2) is 0 Å². The maximum absolute atomic E-state index is 12.3. The van der Waals surface area contributed by atoms with Crippen LogP contribution in [0.1, 0.15) is 68.6 Å². The molecule has 0 radical (unpaired) electrons. The first-order valence-corrected chi connectivity index (χ1v) is 8.51. The van der Waals surface area contributed by atoms with E-state index in [4.69, 9.17) is 0 Å². The minimum atomic E-state index is 0.0362. The SMILES string of the molecule is CC(C)(C)c1cc(/C=C/C(=O)c2ccccc2)cc(C(C)(C)C)c1. The zero-order valence-electron chi connectivity index (χ0n) is 15.7. The number of benzene rings is 2. The van der Waals surface area contributed by atoms with Crippen molar-refractivity contribution >= 4 is 11.9 Å². The molecular weight excluding hydrogens is 292 g/mol. The molecule has 0 N–H and O–H groups in total. The maximum Gasteiger partial charge on any atom is 0.185 e. The van der Waals surface area contributed by atoms with Crippen molar-refractivity contribution in [1.29, 1.82) is 0 Å². The Morgan fingerprint density at radius 3 is 1.75 bits per heavy atom. The van der Waals surface area contributed by atoms with Crippen molar-refractivity contribution in [2.45, 2.75) is 52.4 Å². The minimum Gasteiger partial charge on any atom is -0.289 e. The molecule has 0 heterocycles. The Kier molecular flexibility index (Phi) is 5.13. The lowest BCUT2D eigenvalue weighted by Crippen LogP contribution is -2.16. The standard InChI is InChI=1S/C23H28O/c1-22(2,3)19-14-17(15-20(16-19)23(4,5)6)12-13-21(24)18-10-8-7-9-11-18/h7-16H,1-6H3/b13-12+. The maximum atomic E-state index is 12.3. The van der Waals surface area contributed by atoms with Gasteiger partial charge in [0.1, 0.15) is 0 Å². The van der Waals surface area contributed by atoms with E-state index in [0.29, 0.717) is 0 Å². The summed E-state index contributed by atoms with van der Waals surface area (Å²) >= 11 is 0. The van der Waals surface area contributed by atoms with Crippen LogP contribution in [0.4, 0.5) is 0 Å². The second kappa shape index (κ2) is 6.76. The number of carbonyl (C=O) groups is 1. The highest BCUT2D eigenvalue weighted by Gasteiger charge is 2.20. The first-order valence-electron chi connectivity index (χ1n) is 8.51. The summed E-state index contributed by atoms with van der Waals surface area (Å²) in [6, 6.07) is 16.0. The summed E-state index contributed by atoms with van der Waals surface area (Å²) in [4.78, 5) is 12.3. The molecule has 0 aliphatic heterocycles. The van der Waals surface area contributed by atoms with Crippen LogP contribution in [0.25, 0.3) is 6.08 Å². The van der Waals surface area contributed by atoms with Gasteiger partial charge >= 0.3 is 0 Å². The number of ketones is 1. The van der Waals surface area contributed by atoms with Crippen LogP contribution in [-0.2, 0) is 10.8 Å². The summed E-state index contributed by atoms with van der Waals surface area (Å²) in [5, 5.41) is 0. The smallest absolute Gasteiger partial charge is 0.185 e. The summed E-state index contributed by atoms with van der Waals surface area (Å²) in [6.45, 7) is 13.3. The number of carbonyl (C=O) groups excluding carboxylic acids is 1. The highest BCUT2D eigenvalue weighted by atomic mass is 16.1. The van der Waals surface area contributed by atoms with Crippen molar-refractivity contribution in [3.63, 3.8) is 0 Å². The van der Waals surface area contributed by atoms with E-state index in [1.807, 2.05) is 36.4 Å². The Morgan fingerprint density at radius 2 is 1.29 bits per heavy atom. The second-order valence-electron chi connectivity index (χ2n) is 8.41. The summed E-state index contributed by atoms with van der Waals surface area (Å²) in [5.74, 6) is 0.0362. The van der Waals surface area contributed by atoms with E-state index in [1.54, 1.807) is 6.08 Å². The summed E-state index contributed by atoms with van der Waals surface area (Å²) < 4.78 is 0. The number of allylic oxidation sites excluding steroid dienone is 1. The van der Waals surface area contributed by atoms with Gasteiger partial charge in [0, 0.05) is 5.56 Å². The lowest BCUT2D eigenvalue weighted by Gasteiger charge is -2.25. The van der Waals surface area contributed by atoms with Gasteiger partial charge in [0.15, 0.2) is 5.78 Å². The lowest BCUT2D eigenvalue weighted by atomic mass is 9.79. The van der Waals surface area contributed by atoms with E-state index < -0.39 is 0 Å². The van der Waals surface area contributed by atoms with E-state index in [2.05, 4.69) is 59.7 Å². The van der Waals surface area contributed by atoms with E-state index in [-0.39, 0.29) is 16.6 Å². The highest BCUT2D eigenvalue weighted by Crippen LogP contribution is 2.30. The van der Waals surface area contributed by atoms with Crippen molar-refractivity contribution in [3.8, 4) is 0 Å². The molecule has 2 rings (SSSR count). The van der Waals surface area contributed by atoms with Crippen LogP contribution in [0.2, 0.25) is 0 Å². The molecule has 0 aliphatic rings. The predicted octanol–water partition coefficient (Wildman–Crippen LogP) is 6.18. The molecule has 2 aromatic carbocycles. The summed E-state index contributed by atoms with van der Waals surface area (Å²) in [7, 11) is 0. The zero-order chi connectivity index (χ0) is 18.0. The Labute approximate surface area is 146 Å². The third-order valence-corrected chi connectivity index (χ3v) is 4.17. The molecule has 0 saturated heterocycles. The molecule has 0 unspecified atom stereocenters. The van der Waals surface area contributed by atoms with Gasteiger partial charge in [-0.05, 0) is 33.6 Å². The highest BCUT2D eigenvalue weighted by molar-refractivity contribution is 6.06. The zero-order valence-corrected chi connectivity index (χ0v) is 15.7. The average Bonchev–Trinajstić information content (AvgIpc) is 2.51. The largest absolute Gasteiger partial charge is 0.289 e. The third-order valence-electron chi connectivity index (χ3n) is 4.17. The summed E-state index contributed by atoms with van der Waals surface area (Å²) in [5.41, 5.74) is 4.54. The van der Waals surface area contributed by atoms with Gasteiger partial charge in [-0.2, -0.15) is 0 Å². The molecule has 1 heteroatoms. The van der Waals surface area contributed by atoms with Crippen molar-refractivity contribution < 1.29 is 4.79 Å².